The fraction of sp³-hybridized carbons (Fsp3) is 0.333. The first-order chi connectivity index (χ1) is 6.31. The predicted molar refractivity (Wildman–Crippen MR) is 52.2 cm³/mol. The Labute approximate surface area is 76.6 Å². The number of rotatable bonds is 2. The molecule has 2 aromatic heterocycles. The fourth-order valence-corrected chi connectivity index (χ4v) is 1.29. The number of hydrogen-bond donors (Lipinski definition) is 1. The number of nitrogens with zero attached hydrogens (tertiary/aromatic N) is 3. The van der Waals surface area contributed by atoms with Gasteiger partial charge < -0.3 is 5.43 Å². The molecule has 0 atom stereocenters. The van der Waals surface area contributed by atoms with Crippen molar-refractivity contribution in [2.45, 2.75) is 13.8 Å². The van der Waals surface area contributed by atoms with E-state index in [1.165, 1.54) is 0 Å². The molecule has 0 spiro atoms. The smallest absolute Gasteiger partial charge is 0.179 e. The van der Waals surface area contributed by atoms with E-state index >= 15 is 0 Å². The highest BCUT2D eigenvalue weighted by atomic mass is 15.4. The number of pyridine rings is 1. The average molecular weight is 176 g/mol. The van der Waals surface area contributed by atoms with E-state index in [-0.39, 0.29) is 0 Å². The van der Waals surface area contributed by atoms with Gasteiger partial charge in [-0.3, -0.25) is 0 Å². The minimum Gasteiger partial charge on any atom is -0.325 e. The molecule has 1 N–H and O–H groups in total. The molecule has 0 aromatic carbocycles. The van der Waals surface area contributed by atoms with Crippen molar-refractivity contribution in [2.75, 3.05) is 12.0 Å². The Morgan fingerprint density at radius 3 is 3.08 bits per heavy atom. The molecule has 68 valence electrons. The van der Waals surface area contributed by atoms with Crippen LogP contribution in [0.2, 0.25) is 0 Å². The van der Waals surface area contributed by atoms with Crippen LogP contribution in [0.5, 0.6) is 0 Å². The summed E-state index contributed by atoms with van der Waals surface area (Å²) in [6.07, 6.45) is 3.58. The van der Waals surface area contributed by atoms with Gasteiger partial charge in [0.1, 0.15) is 11.8 Å². The first kappa shape index (κ1) is 8.04. The molecule has 0 fully saturated rings. The van der Waals surface area contributed by atoms with E-state index in [1.807, 2.05) is 17.8 Å². The van der Waals surface area contributed by atoms with Crippen molar-refractivity contribution in [3.05, 3.63) is 24.2 Å². The maximum atomic E-state index is 4.21. The quantitative estimate of drug-likeness (QED) is 0.750. The fourth-order valence-electron chi connectivity index (χ4n) is 1.29. The molecule has 13 heavy (non-hydrogen) atoms. The summed E-state index contributed by atoms with van der Waals surface area (Å²) in [5.41, 5.74) is 6.13. The summed E-state index contributed by atoms with van der Waals surface area (Å²) >= 11 is 0. The summed E-state index contributed by atoms with van der Waals surface area (Å²) in [6, 6.07) is 2.07. The second kappa shape index (κ2) is 3.05. The van der Waals surface area contributed by atoms with Crippen LogP contribution in [-0.2, 0) is 0 Å². The van der Waals surface area contributed by atoms with E-state index in [2.05, 4.69) is 28.4 Å². The minimum atomic E-state index is 0.784. The van der Waals surface area contributed by atoms with E-state index in [0.29, 0.717) is 0 Å². The molecular formula is C9H12N4. The van der Waals surface area contributed by atoms with Crippen molar-refractivity contribution in [2.24, 2.45) is 0 Å². The standard InChI is InChI=1S/C9H12N4/c1-3-12-13-6-11-9-8(13)4-7(2)5-10-9/h4-6,12H,3H2,1-2H3. The zero-order chi connectivity index (χ0) is 9.26. The number of imidazole rings is 1. The summed E-state index contributed by atoms with van der Waals surface area (Å²) in [5, 5.41) is 0. The van der Waals surface area contributed by atoms with Crippen LogP contribution in [0, 0.1) is 6.92 Å². The zero-order valence-corrected chi connectivity index (χ0v) is 7.78. The Hall–Kier alpha value is -1.58. The van der Waals surface area contributed by atoms with E-state index in [4.69, 9.17) is 0 Å². The van der Waals surface area contributed by atoms with E-state index in [9.17, 15) is 0 Å². The second-order valence-electron chi connectivity index (χ2n) is 2.98. The highest BCUT2D eigenvalue weighted by Crippen LogP contribution is 2.09. The van der Waals surface area contributed by atoms with Crippen molar-refractivity contribution >= 4 is 11.2 Å². The predicted octanol–water partition coefficient (Wildman–Crippen LogP) is 1.30. The maximum Gasteiger partial charge on any atom is 0.179 e. The Morgan fingerprint density at radius 2 is 2.31 bits per heavy atom. The summed E-state index contributed by atoms with van der Waals surface area (Å²) in [6.45, 7) is 4.95. The van der Waals surface area contributed by atoms with E-state index in [1.54, 1.807) is 6.33 Å². The molecule has 0 bridgehead atoms. The van der Waals surface area contributed by atoms with Crippen LogP contribution in [0.4, 0.5) is 0 Å². The lowest BCUT2D eigenvalue weighted by molar-refractivity contribution is 0.887. The lowest BCUT2D eigenvalue weighted by Crippen LogP contribution is -2.12. The highest BCUT2D eigenvalue weighted by Gasteiger charge is 2.01. The summed E-state index contributed by atoms with van der Waals surface area (Å²) in [7, 11) is 0. The number of hydrogen-bond acceptors (Lipinski definition) is 3. The van der Waals surface area contributed by atoms with Crippen molar-refractivity contribution in [3.8, 4) is 0 Å². The van der Waals surface area contributed by atoms with Gasteiger partial charge in [-0.1, -0.05) is 0 Å². The monoisotopic (exact) mass is 176 g/mol. The third-order valence-electron chi connectivity index (χ3n) is 1.87. The van der Waals surface area contributed by atoms with Gasteiger partial charge in [0, 0.05) is 12.7 Å². The van der Waals surface area contributed by atoms with Crippen LogP contribution in [0.1, 0.15) is 12.5 Å². The molecule has 0 aliphatic carbocycles. The van der Waals surface area contributed by atoms with Gasteiger partial charge in [0.2, 0.25) is 0 Å². The van der Waals surface area contributed by atoms with Crippen molar-refractivity contribution in [3.63, 3.8) is 0 Å². The lowest BCUT2D eigenvalue weighted by Gasteiger charge is -2.04. The molecule has 0 saturated carbocycles. The molecule has 4 nitrogen and oxygen atoms in total. The van der Waals surface area contributed by atoms with Gasteiger partial charge in [-0.05, 0) is 25.5 Å². The minimum absolute atomic E-state index is 0.784. The first-order valence-electron chi connectivity index (χ1n) is 4.35. The Kier molecular flexibility index (Phi) is 1.88. The van der Waals surface area contributed by atoms with Gasteiger partial charge in [-0.15, -0.1) is 0 Å². The van der Waals surface area contributed by atoms with Crippen LogP contribution in [-0.4, -0.2) is 21.2 Å². The van der Waals surface area contributed by atoms with Crippen LogP contribution >= 0.6 is 0 Å². The molecule has 0 radical (unpaired) electrons. The molecule has 2 aromatic rings. The van der Waals surface area contributed by atoms with Crippen molar-refractivity contribution in [1.82, 2.24) is 14.6 Å². The summed E-state index contributed by atoms with van der Waals surface area (Å²) < 4.78 is 1.90. The zero-order valence-electron chi connectivity index (χ0n) is 7.78. The molecule has 0 aliphatic heterocycles. The molecule has 0 aliphatic rings. The molecular weight excluding hydrogens is 164 g/mol. The Morgan fingerprint density at radius 1 is 1.46 bits per heavy atom. The maximum absolute atomic E-state index is 4.21. The number of fused-ring (bicyclic) bond motifs is 1. The largest absolute Gasteiger partial charge is 0.325 e. The van der Waals surface area contributed by atoms with Gasteiger partial charge >= 0.3 is 0 Å². The first-order valence-corrected chi connectivity index (χ1v) is 4.35. The van der Waals surface area contributed by atoms with E-state index in [0.717, 1.165) is 23.3 Å². The molecule has 2 rings (SSSR count). The SMILES string of the molecule is CCNn1cnc2ncc(C)cc21. The molecule has 0 amide bonds. The van der Waals surface area contributed by atoms with Gasteiger partial charge in [0.15, 0.2) is 5.65 Å². The van der Waals surface area contributed by atoms with Gasteiger partial charge in [-0.2, -0.15) is 0 Å². The number of aryl methyl sites for hydroxylation is 1. The van der Waals surface area contributed by atoms with Crippen molar-refractivity contribution in [1.29, 1.82) is 0 Å². The highest BCUT2D eigenvalue weighted by molar-refractivity contribution is 5.71. The third-order valence-corrected chi connectivity index (χ3v) is 1.87. The molecule has 0 unspecified atom stereocenters. The van der Waals surface area contributed by atoms with Crippen molar-refractivity contribution < 1.29 is 0 Å². The summed E-state index contributed by atoms with van der Waals surface area (Å²) in [5.74, 6) is 0. The van der Waals surface area contributed by atoms with Gasteiger partial charge in [0.25, 0.3) is 0 Å². The number of nitrogens with one attached hydrogen (secondary N) is 1. The van der Waals surface area contributed by atoms with Crippen LogP contribution < -0.4 is 5.43 Å². The van der Waals surface area contributed by atoms with Gasteiger partial charge in [-0.25, -0.2) is 14.6 Å². The number of aromatic nitrogens is 3. The average Bonchev–Trinajstić information content (AvgIpc) is 2.49. The molecule has 4 heteroatoms. The Bertz CT molecular complexity index is 418. The third kappa shape index (κ3) is 1.35. The molecule has 0 saturated heterocycles. The normalized spacial score (nSPS) is 10.6. The van der Waals surface area contributed by atoms with Gasteiger partial charge in [0.05, 0.1) is 0 Å². The second-order valence-corrected chi connectivity index (χ2v) is 2.98. The summed E-state index contributed by atoms with van der Waals surface area (Å²) in [4.78, 5) is 8.38. The molecule has 2 heterocycles. The lowest BCUT2D eigenvalue weighted by atomic mass is 10.3. The van der Waals surface area contributed by atoms with Crippen LogP contribution in [0.3, 0.4) is 0 Å². The van der Waals surface area contributed by atoms with Crippen LogP contribution in [0.15, 0.2) is 18.6 Å². The van der Waals surface area contributed by atoms with Crippen LogP contribution in [0.25, 0.3) is 11.2 Å². The topological polar surface area (TPSA) is 42.7 Å². The Balaban J connectivity index is 2.58. The van der Waals surface area contributed by atoms with E-state index < -0.39 is 0 Å².